The summed E-state index contributed by atoms with van der Waals surface area (Å²) in [7, 11) is 0. The summed E-state index contributed by atoms with van der Waals surface area (Å²) in [4.78, 5) is 3.09. The maximum atomic E-state index is 5.81. The molecule has 0 fully saturated rings. The number of H-pyrrole nitrogens is 1. The van der Waals surface area contributed by atoms with Gasteiger partial charge in [-0.3, -0.25) is 0 Å². The predicted molar refractivity (Wildman–Crippen MR) is 69.5 cm³/mol. The molecule has 5 heteroatoms. The van der Waals surface area contributed by atoms with Gasteiger partial charge in [-0.1, -0.05) is 0 Å². The van der Waals surface area contributed by atoms with Gasteiger partial charge in [0.1, 0.15) is 0 Å². The molecule has 2 aromatic rings. The Morgan fingerprint density at radius 3 is 2.33 bits per heavy atom. The number of aromatic amines is 1. The van der Waals surface area contributed by atoms with Crippen molar-refractivity contribution in [1.29, 1.82) is 0 Å². The second kappa shape index (κ2) is 5.53. The smallest absolute Gasteiger partial charge is 0.0475 e. The van der Waals surface area contributed by atoms with Gasteiger partial charge in [0.15, 0.2) is 0 Å². The number of anilines is 2. The van der Waals surface area contributed by atoms with Crippen LogP contribution in [-0.4, -0.2) is 4.98 Å². The molecule has 1 aromatic carbocycles. The van der Waals surface area contributed by atoms with E-state index in [9.17, 15) is 0 Å². The molecule has 0 saturated carbocycles. The molecule has 0 bridgehead atoms. The number of aromatic nitrogens is 1. The fraction of sp³-hybridized carbons (Fsp3) is 0. The summed E-state index contributed by atoms with van der Waals surface area (Å²) < 4.78 is 0. The van der Waals surface area contributed by atoms with Gasteiger partial charge in [0.25, 0.3) is 0 Å². The molecule has 1 aromatic heterocycles. The Kier molecular flexibility index (Phi) is 5.05. The molecule has 5 N–H and O–H groups in total. The van der Waals surface area contributed by atoms with Crippen LogP contribution in [0.3, 0.4) is 0 Å². The third kappa shape index (κ3) is 2.81. The summed E-state index contributed by atoms with van der Waals surface area (Å²) in [6.45, 7) is 0. The van der Waals surface area contributed by atoms with E-state index in [1.165, 1.54) is 0 Å². The first kappa shape index (κ1) is 13.7. The van der Waals surface area contributed by atoms with Crippen molar-refractivity contribution in [2.45, 2.75) is 0 Å². The SMILES string of the molecule is Cl.Cl.Nc1ccc(N)c(-c2ccc[nH]2)c1. The van der Waals surface area contributed by atoms with Crippen LogP contribution in [0.4, 0.5) is 11.4 Å². The van der Waals surface area contributed by atoms with E-state index in [4.69, 9.17) is 11.5 Å². The highest BCUT2D eigenvalue weighted by molar-refractivity contribution is 5.85. The molecule has 0 aliphatic rings. The molecule has 0 radical (unpaired) electrons. The third-order valence-corrected chi connectivity index (χ3v) is 1.97. The fourth-order valence-corrected chi connectivity index (χ4v) is 1.31. The highest BCUT2D eigenvalue weighted by atomic mass is 35.5. The molecule has 0 unspecified atom stereocenters. The van der Waals surface area contributed by atoms with Crippen LogP contribution in [0.5, 0.6) is 0 Å². The summed E-state index contributed by atoms with van der Waals surface area (Å²) in [5.41, 5.74) is 14.9. The van der Waals surface area contributed by atoms with Crippen molar-refractivity contribution in [3.8, 4) is 11.3 Å². The van der Waals surface area contributed by atoms with Crippen LogP contribution in [0.25, 0.3) is 11.3 Å². The van der Waals surface area contributed by atoms with Crippen LogP contribution in [0.2, 0.25) is 0 Å². The van der Waals surface area contributed by atoms with Crippen molar-refractivity contribution in [3.63, 3.8) is 0 Å². The lowest BCUT2D eigenvalue weighted by molar-refractivity contribution is 1.40. The zero-order chi connectivity index (χ0) is 9.26. The first-order chi connectivity index (χ1) is 6.27. The maximum Gasteiger partial charge on any atom is 0.0475 e. The second-order valence-electron chi connectivity index (χ2n) is 2.93. The maximum absolute atomic E-state index is 5.81. The first-order valence-corrected chi connectivity index (χ1v) is 4.06. The van der Waals surface area contributed by atoms with Crippen LogP contribution in [-0.2, 0) is 0 Å². The summed E-state index contributed by atoms with van der Waals surface area (Å²) in [5.74, 6) is 0. The lowest BCUT2D eigenvalue weighted by Crippen LogP contribution is -1.92. The topological polar surface area (TPSA) is 67.8 Å². The minimum atomic E-state index is 0. The lowest BCUT2D eigenvalue weighted by atomic mass is 10.1. The van der Waals surface area contributed by atoms with E-state index in [2.05, 4.69) is 4.98 Å². The number of nitrogens with two attached hydrogens (primary N) is 2. The van der Waals surface area contributed by atoms with Crippen LogP contribution in [0.15, 0.2) is 36.5 Å². The number of rotatable bonds is 1. The monoisotopic (exact) mass is 245 g/mol. The van der Waals surface area contributed by atoms with Gasteiger partial charge in [-0.05, 0) is 30.3 Å². The predicted octanol–water partition coefficient (Wildman–Crippen LogP) is 2.69. The Morgan fingerprint density at radius 1 is 1.00 bits per heavy atom. The molecular weight excluding hydrogens is 233 g/mol. The number of nitrogens with one attached hydrogen (secondary N) is 1. The third-order valence-electron chi connectivity index (χ3n) is 1.97. The van der Waals surface area contributed by atoms with E-state index in [1.54, 1.807) is 6.07 Å². The molecule has 0 spiro atoms. The van der Waals surface area contributed by atoms with Crippen molar-refractivity contribution in [3.05, 3.63) is 36.5 Å². The van der Waals surface area contributed by atoms with E-state index in [0.29, 0.717) is 0 Å². The van der Waals surface area contributed by atoms with Gasteiger partial charge < -0.3 is 16.5 Å². The van der Waals surface area contributed by atoms with Crippen LogP contribution in [0.1, 0.15) is 0 Å². The number of hydrogen-bond donors (Lipinski definition) is 3. The van der Waals surface area contributed by atoms with E-state index in [-0.39, 0.29) is 24.8 Å². The van der Waals surface area contributed by atoms with Crippen molar-refractivity contribution < 1.29 is 0 Å². The van der Waals surface area contributed by atoms with Gasteiger partial charge in [-0.15, -0.1) is 24.8 Å². The Balaban J connectivity index is 0.000000980. The Bertz CT molecular complexity index is 413. The van der Waals surface area contributed by atoms with E-state index in [0.717, 1.165) is 22.6 Å². The highest BCUT2D eigenvalue weighted by Crippen LogP contribution is 2.25. The summed E-state index contributed by atoms with van der Waals surface area (Å²) in [5, 5.41) is 0. The number of benzene rings is 1. The van der Waals surface area contributed by atoms with Crippen LogP contribution >= 0.6 is 24.8 Å². The van der Waals surface area contributed by atoms with E-state index < -0.39 is 0 Å². The summed E-state index contributed by atoms with van der Waals surface area (Å²) in [6, 6.07) is 9.36. The number of halogens is 2. The summed E-state index contributed by atoms with van der Waals surface area (Å²) >= 11 is 0. The molecule has 0 atom stereocenters. The number of nitrogen functional groups attached to an aromatic ring is 2. The van der Waals surface area contributed by atoms with E-state index in [1.807, 2.05) is 30.5 Å². The molecular formula is C10H13Cl2N3. The molecule has 0 aliphatic carbocycles. The minimum Gasteiger partial charge on any atom is -0.399 e. The average Bonchev–Trinajstić information content (AvgIpc) is 2.61. The molecule has 1 heterocycles. The van der Waals surface area contributed by atoms with Crippen molar-refractivity contribution in [1.82, 2.24) is 4.98 Å². The average molecular weight is 246 g/mol. The van der Waals surface area contributed by atoms with Gasteiger partial charge in [0.05, 0.1) is 0 Å². The molecule has 2 rings (SSSR count). The van der Waals surface area contributed by atoms with Crippen molar-refractivity contribution >= 4 is 36.2 Å². The Hall–Kier alpha value is -1.32. The van der Waals surface area contributed by atoms with Crippen molar-refractivity contribution in [2.24, 2.45) is 0 Å². The summed E-state index contributed by atoms with van der Waals surface area (Å²) in [6.07, 6.45) is 1.86. The van der Waals surface area contributed by atoms with Gasteiger partial charge in [0.2, 0.25) is 0 Å². The molecule has 0 saturated heterocycles. The van der Waals surface area contributed by atoms with Crippen LogP contribution < -0.4 is 11.5 Å². The van der Waals surface area contributed by atoms with Crippen molar-refractivity contribution in [2.75, 3.05) is 11.5 Å². The lowest BCUT2D eigenvalue weighted by Gasteiger charge is -2.04. The second-order valence-corrected chi connectivity index (χ2v) is 2.93. The fourth-order valence-electron chi connectivity index (χ4n) is 1.31. The Labute approximate surface area is 101 Å². The first-order valence-electron chi connectivity index (χ1n) is 4.06. The molecule has 3 nitrogen and oxygen atoms in total. The minimum absolute atomic E-state index is 0. The van der Waals surface area contributed by atoms with Gasteiger partial charge >= 0.3 is 0 Å². The Morgan fingerprint density at radius 2 is 1.73 bits per heavy atom. The van der Waals surface area contributed by atoms with Gasteiger partial charge in [-0.25, -0.2) is 0 Å². The van der Waals surface area contributed by atoms with Crippen LogP contribution in [0, 0.1) is 0 Å². The molecule has 15 heavy (non-hydrogen) atoms. The quantitative estimate of drug-likeness (QED) is 0.677. The molecule has 0 amide bonds. The van der Waals surface area contributed by atoms with E-state index >= 15 is 0 Å². The molecule has 0 aliphatic heterocycles. The van der Waals surface area contributed by atoms with Gasteiger partial charge in [0, 0.05) is 28.8 Å². The largest absolute Gasteiger partial charge is 0.399 e. The zero-order valence-corrected chi connectivity index (χ0v) is 9.57. The zero-order valence-electron chi connectivity index (χ0n) is 7.94. The van der Waals surface area contributed by atoms with Gasteiger partial charge in [-0.2, -0.15) is 0 Å². The normalized spacial score (nSPS) is 8.80. The number of hydrogen-bond acceptors (Lipinski definition) is 2. The standard InChI is InChI=1S/C10H11N3.2ClH/c11-7-3-4-9(12)8(6-7)10-2-1-5-13-10;;/h1-6,13H,11-12H2;2*1H. The molecule has 82 valence electrons. The highest BCUT2D eigenvalue weighted by Gasteiger charge is 2.02.